The smallest absolute Gasteiger partial charge is 0.254 e. The number of halogens is 1. The minimum absolute atomic E-state index is 0.0111. The van der Waals surface area contributed by atoms with E-state index in [0.29, 0.717) is 31.0 Å². The molecule has 4 aliphatic carbocycles. The largest absolute Gasteiger partial charge is 0.387 e. The molecular formula is C32H45FN2O3. The molecule has 1 unspecified atom stereocenters. The van der Waals surface area contributed by atoms with Gasteiger partial charge in [0.25, 0.3) is 5.91 Å². The van der Waals surface area contributed by atoms with E-state index in [-0.39, 0.29) is 28.5 Å². The van der Waals surface area contributed by atoms with Gasteiger partial charge in [-0.1, -0.05) is 13.3 Å². The van der Waals surface area contributed by atoms with Gasteiger partial charge < -0.3 is 15.2 Å². The summed E-state index contributed by atoms with van der Waals surface area (Å²) < 4.78 is 20.2. The van der Waals surface area contributed by atoms with Gasteiger partial charge in [-0.05, 0) is 131 Å². The van der Waals surface area contributed by atoms with E-state index in [9.17, 15) is 14.3 Å². The fraction of sp³-hybridized carbons (Fsp3) is 0.750. The molecule has 0 aliphatic heterocycles. The van der Waals surface area contributed by atoms with Crippen molar-refractivity contribution in [1.29, 1.82) is 5.26 Å². The Bertz CT molecular complexity index is 1070. The fourth-order valence-electron chi connectivity index (χ4n) is 9.60. The number of hydrogen-bond acceptors (Lipinski definition) is 4. The van der Waals surface area contributed by atoms with Crippen molar-refractivity contribution < 1.29 is 19.0 Å². The highest BCUT2D eigenvalue weighted by molar-refractivity contribution is 5.94. The quantitative estimate of drug-likeness (QED) is 0.461. The van der Waals surface area contributed by atoms with Crippen molar-refractivity contribution >= 4 is 5.91 Å². The van der Waals surface area contributed by atoms with Crippen LogP contribution in [0.25, 0.3) is 0 Å². The van der Waals surface area contributed by atoms with Crippen molar-refractivity contribution in [2.75, 3.05) is 13.2 Å². The number of ether oxygens (including phenoxy) is 1. The number of nitrogens with zero attached hydrogens (tertiary/aromatic N) is 1. The summed E-state index contributed by atoms with van der Waals surface area (Å²) in [6, 6.07) is 5.94. The minimum atomic E-state index is -0.648. The van der Waals surface area contributed by atoms with Crippen LogP contribution in [0.3, 0.4) is 0 Å². The number of amides is 1. The monoisotopic (exact) mass is 524 g/mol. The number of rotatable bonds is 6. The van der Waals surface area contributed by atoms with E-state index in [0.717, 1.165) is 49.5 Å². The van der Waals surface area contributed by atoms with Crippen LogP contribution in [0.15, 0.2) is 18.2 Å². The average molecular weight is 525 g/mol. The van der Waals surface area contributed by atoms with Gasteiger partial charge in [0, 0.05) is 12.6 Å². The van der Waals surface area contributed by atoms with Crippen LogP contribution in [0.1, 0.15) is 101 Å². The van der Waals surface area contributed by atoms with Crippen LogP contribution in [0, 0.1) is 58.1 Å². The van der Waals surface area contributed by atoms with E-state index in [1.807, 2.05) is 13.0 Å². The summed E-state index contributed by atoms with van der Waals surface area (Å²) in [5.74, 6) is 2.82. The molecule has 5 rings (SSSR count). The zero-order valence-electron chi connectivity index (χ0n) is 23.3. The highest BCUT2D eigenvalue weighted by Gasteiger charge is 2.57. The molecule has 1 aromatic carbocycles. The number of nitrogens with one attached hydrogen (secondary N) is 1. The lowest BCUT2D eigenvalue weighted by Gasteiger charge is -2.61. The topological polar surface area (TPSA) is 82.3 Å². The summed E-state index contributed by atoms with van der Waals surface area (Å²) in [6.07, 6.45) is 11.3. The molecule has 0 heterocycles. The average Bonchev–Trinajstić information content (AvgIpc) is 2.90. The maximum Gasteiger partial charge on any atom is 0.254 e. The van der Waals surface area contributed by atoms with Crippen molar-refractivity contribution in [3.05, 3.63) is 35.1 Å². The van der Waals surface area contributed by atoms with Gasteiger partial charge >= 0.3 is 0 Å². The molecule has 9 atom stereocenters. The van der Waals surface area contributed by atoms with Gasteiger partial charge in [-0.15, -0.1) is 0 Å². The zero-order valence-corrected chi connectivity index (χ0v) is 23.3. The fourth-order valence-corrected chi connectivity index (χ4v) is 9.60. The molecule has 0 saturated heterocycles. The van der Waals surface area contributed by atoms with E-state index in [1.54, 1.807) is 0 Å². The number of nitriles is 1. The molecular weight excluding hydrogens is 479 g/mol. The van der Waals surface area contributed by atoms with Crippen LogP contribution in [0.2, 0.25) is 0 Å². The zero-order chi connectivity index (χ0) is 27.1. The summed E-state index contributed by atoms with van der Waals surface area (Å²) in [5, 5.41) is 23.3. The van der Waals surface area contributed by atoms with Gasteiger partial charge in [-0.25, -0.2) is 4.39 Å². The Hall–Kier alpha value is -1.97. The molecule has 4 aliphatic rings. The van der Waals surface area contributed by atoms with Crippen molar-refractivity contribution in [3.63, 3.8) is 0 Å². The number of carbonyl (C=O) groups excluding carboxylic acids is 1. The van der Waals surface area contributed by atoms with E-state index < -0.39 is 11.4 Å². The molecule has 1 aromatic rings. The molecule has 208 valence electrons. The molecule has 5 nitrogen and oxygen atoms in total. The summed E-state index contributed by atoms with van der Waals surface area (Å²) in [6.45, 7) is 7.69. The Morgan fingerprint density at radius 1 is 1.18 bits per heavy atom. The third kappa shape index (κ3) is 5.02. The molecule has 38 heavy (non-hydrogen) atoms. The Balaban J connectivity index is 1.27. The minimum Gasteiger partial charge on any atom is -0.387 e. The predicted molar refractivity (Wildman–Crippen MR) is 145 cm³/mol. The van der Waals surface area contributed by atoms with Crippen molar-refractivity contribution in [2.45, 2.75) is 96.6 Å². The third-order valence-corrected chi connectivity index (χ3v) is 11.3. The van der Waals surface area contributed by atoms with Crippen LogP contribution in [0.5, 0.6) is 0 Å². The first-order chi connectivity index (χ1) is 18.2. The van der Waals surface area contributed by atoms with Crippen LogP contribution in [-0.2, 0) is 4.74 Å². The van der Waals surface area contributed by atoms with Gasteiger partial charge in [0.1, 0.15) is 5.82 Å². The molecule has 4 fully saturated rings. The lowest BCUT2D eigenvalue weighted by atomic mass is 9.44. The maximum absolute atomic E-state index is 14.5. The number of fused-ring (bicyclic) bond motifs is 5. The summed E-state index contributed by atoms with van der Waals surface area (Å²) >= 11 is 0. The lowest BCUT2D eigenvalue weighted by Crippen LogP contribution is -2.57. The van der Waals surface area contributed by atoms with Crippen LogP contribution < -0.4 is 5.32 Å². The summed E-state index contributed by atoms with van der Waals surface area (Å²) in [7, 11) is 0. The van der Waals surface area contributed by atoms with E-state index in [4.69, 9.17) is 10.00 Å². The number of aliphatic hydroxyl groups is 1. The molecule has 6 heteroatoms. The summed E-state index contributed by atoms with van der Waals surface area (Å²) in [5.41, 5.74) is -0.243. The highest BCUT2D eigenvalue weighted by atomic mass is 19.1. The van der Waals surface area contributed by atoms with Crippen molar-refractivity contribution in [3.8, 4) is 6.07 Å². The maximum atomic E-state index is 14.5. The first-order valence-electron chi connectivity index (χ1n) is 15.0. The highest BCUT2D eigenvalue weighted by Crippen LogP contribution is 2.63. The molecule has 0 aromatic heterocycles. The second-order valence-corrected chi connectivity index (χ2v) is 13.2. The SMILES string of the molecule is CCOC[C@@]1(O)CC[C@@H]2C3CC[C@]4(C)[C@@H]([C@@H](C)NC(=O)c5ccc(C#N)cc5F)CCC[C@H]4[C@@H]3CC[C@@H]2C1. The molecule has 0 radical (unpaired) electrons. The Morgan fingerprint density at radius 2 is 1.97 bits per heavy atom. The van der Waals surface area contributed by atoms with Crippen LogP contribution in [0.4, 0.5) is 4.39 Å². The van der Waals surface area contributed by atoms with Gasteiger partial charge in [-0.2, -0.15) is 5.26 Å². The molecule has 0 bridgehead atoms. The molecule has 0 spiro atoms. The third-order valence-electron chi connectivity index (χ3n) is 11.3. The predicted octanol–water partition coefficient (Wildman–Crippen LogP) is 6.24. The normalized spacial score (nSPS) is 39.2. The van der Waals surface area contributed by atoms with Gasteiger partial charge in [-0.3, -0.25) is 4.79 Å². The number of carbonyl (C=O) groups is 1. The Labute approximate surface area is 227 Å². The number of hydrogen-bond donors (Lipinski definition) is 2. The van der Waals surface area contributed by atoms with Crippen LogP contribution >= 0.6 is 0 Å². The Morgan fingerprint density at radius 3 is 2.71 bits per heavy atom. The second kappa shape index (κ2) is 10.9. The second-order valence-electron chi connectivity index (χ2n) is 13.2. The number of benzene rings is 1. The molecule has 4 saturated carbocycles. The van der Waals surface area contributed by atoms with E-state index in [2.05, 4.69) is 19.2 Å². The first kappa shape index (κ1) is 27.6. The lowest BCUT2D eigenvalue weighted by molar-refractivity contribution is -0.144. The van der Waals surface area contributed by atoms with Gasteiger partial charge in [0.15, 0.2) is 0 Å². The van der Waals surface area contributed by atoms with Crippen molar-refractivity contribution in [1.82, 2.24) is 5.32 Å². The van der Waals surface area contributed by atoms with Crippen molar-refractivity contribution in [2.24, 2.45) is 40.9 Å². The van der Waals surface area contributed by atoms with E-state index >= 15 is 0 Å². The molecule has 1 amide bonds. The first-order valence-corrected chi connectivity index (χ1v) is 15.0. The van der Waals surface area contributed by atoms with Gasteiger partial charge in [0.05, 0.1) is 29.4 Å². The standard InChI is InChI=1S/C32H45FN2O3/c1-4-38-19-32(37)15-13-23-22(17-32)9-11-25-24(23)12-14-31(3)27(6-5-7-28(25)31)20(2)35-30(36)26-10-8-21(18-34)16-29(26)33/h8,10,16,20,22-25,27-28,37H,4-7,9,11-15,17,19H2,1-3H3,(H,35,36)/t20-,22-,23+,24?,25-,27-,28+,31-,32-/m1/s1. The Kier molecular flexibility index (Phi) is 7.91. The van der Waals surface area contributed by atoms with Gasteiger partial charge in [0.2, 0.25) is 0 Å². The van der Waals surface area contributed by atoms with Crippen LogP contribution in [-0.4, -0.2) is 35.9 Å². The summed E-state index contributed by atoms with van der Waals surface area (Å²) in [4.78, 5) is 13.0. The van der Waals surface area contributed by atoms with E-state index in [1.165, 1.54) is 50.7 Å². The molecule has 2 N–H and O–H groups in total.